The molecule has 1 rings (SSSR count). The maximum atomic E-state index is 3.63. The monoisotopic (exact) mass is 164 g/mol. The van der Waals surface area contributed by atoms with Gasteiger partial charge in [0.2, 0.25) is 0 Å². The first-order chi connectivity index (χ1) is 5.35. The minimum Gasteiger partial charge on any atom is -0.0985 e. The van der Waals surface area contributed by atoms with E-state index in [0.29, 0.717) is 0 Å². The quantitative estimate of drug-likeness (QED) is 0.558. The molecule has 0 aromatic heterocycles. The van der Waals surface area contributed by atoms with E-state index in [1.165, 1.54) is 21.9 Å². The van der Waals surface area contributed by atoms with E-state index < -0.39 is 0 Å². The van der Waals surface area contributed by atoms with E-state index >= 15 is 0 Å². The van der Waals surface area contributed by atoms with Gasteiger partial charge >= 0.3 is 0 Å². The number of rotatable bonds is 1. The van der Waals surface area contributed by atoms with Gasteiger partial charge in [-0.2, -0.15) is 0 Å². The summed E-state index contributed by atoms with van der Waals surface area (Å²) in [4.78, 5) is 0. The third-order valence-corrected chi connectivity index (χ3v) is 1.04. The Bertz CT molecular complexity index is 179. The predicted molar refractivity (Wildman–Crippen MR) is 57.0 cm³/mol. The molecule has 0 amide bonds. The molecule has 0 nitrogen and oxygen atoms in total. The second kappa shape index (κ2) is 7.29. The van der Waals surface area contributed by atoms with E-state index in [1.807, 2.05) is 36.4 Å². The van der Waals surface area contributed by atoms with Crippen LogP contribution in [0.2, 0.25) is 6.04 Å². The second-order valence-electron chi connectivity index (χ2n) is 2.32. The topological polar surface area (TPSA) is 0 Å². The molecule has 0 radical (unpaired) electrons. The van der Waals surface area contributed by atoms with Crippen LogP contribution in [0.25, 0.3) is 6.08 Å². The summed E-state index contributed by atoms with van der Waals surface area (Å²) in [6, 6.07) is 11.4. The van der Waals surface area contributed by atoms with Gasteiger partial charge in [0, 0.05) is 10.2 Å². The van der Waals surface area contributed by atoms with Crippen LogP contribution in [0.3, 0.4) is 0 Å². The highest BCUT2D eigenvalue weighted by Crippen LogP contribution is 1.97. The van der Waals surface area contributed by atoms with Crippen molar-refractivity contribution in [3.05, 3.63) is 42.5 Å². The highest BCUT2D eigenvalue weighted by atomic mass is 28.1. The van der Waals surface area contributed by atoms with E-state index in [9.17, 15) is 0 Å². The molecule has 0 spiro atoms. The third-order valence-electron chi connectivity index (χ3n) is 1.04. The highest BCUT2D eigenvalue weighted by Gasteiger charge is 1.75. The molecule has 0 aliphatic carbocycles. The standard InChI is InChI=1S/C8H8.C2H8Si/c1-2-8-6-4-3-5-7-8;1-2-3/h2-7H,1H2;2H2,1,3H3. The number of hydrogen-bond acceptors (Lipinski definition) is 0. The minimum absolute atomic E-state index is 1.17. The predicted octanol–water partition coefficient (Wildman–Crippen LogP) is 2.12. The molecule has 0 bridgehead atoms. The Balaban J connectivity index is 0.000000292. The van der Waals surface area contributed by atoms with Crippen LogP contribution in [0.1, 0.15) is 12.5 Å². The maximum Gasteiger partial charge on any atom is 0.00244 e. The fraction of sp³-hybridized carbons (Fsp3) is 0.200. The Hall–Kier alpha value is -0.823. The fourth-order valence-corrected chi connectivity index (χ4v) is 0.589. The summed E-state index contributed by atoms with van der Waals surface area (Å²) >= 11 is 0. The Morgan fingerprint density at radius 3 is 2.09 bits per heavy atom. The summed E-state index contributed by atoms with van der Waals surface area (Å²) in [7, 11) is 1.37. The van der Waals surface area contributed by atoms with Crippen molar-refractivity contribution in [1.29, 1.82) is 0 Å². The molecule has 0 atom stereocenters. The molecule has 1 aromatic rings. The van der Waals surface area contributed by atoms with Gasteiger partial charge in [0.25, 0.3) is 0 Å². The van der Waals surface area contributed by atoms with Crippen molar-refractivity contribution in [2.75, 3.05) is 0 Å². The zero-order valence-corrected chi connectivity index (χ0v) is 9.38. The van der Waals surface area contributed by atoms with Crippen molar-refractivity contribution < 1.29 is 0 Å². The Morgan fingerprint density at radius 1 is 1.36 bits per heavy atom. The lowest BCUT2D eigenvalue weighted by Gasteiger charge is -1.85. The van der Waals surface area contributed by atoms with Gasteiger partial charge in [0.15, 0.2) is 0 Å². The van der Waals surface area contributed by atoms with Crippen LogP contribution in [-0.4, -0.2) is 10.2 Å². The van der Waals surface area contributed by atoms with Gasteiger partial charge < -0.3 is 0 Å². The first kappa shape index (κ1) is 10.2. The molecule has 0 aliphatic heterocycles. The van der Waals surface area contributed by atoms with Gasteiger partial charge in [0.05, 0.1) is 0 Å². The van der Waals surface area contributed by atoms with E-state index in [-0.39, 0.29) is 0 Å². The number of benzene rings is 1. The largest absolute Gasteiger partial charge is 0.0985 e. The van der Waals surface area contributed by atoms with Gasteiger partial charge in [-0.25, -0.2) is 0 Å². The van der Waals surface area contributed by atoms with Gasteiger partial charge in [-0.15, -0.1) is 0 Å². The van der Waals surface area contributed by atoms with Crippen molar-refractivity contribution in [2.45, 2.75) is 13.0 Å². The molecule has 0 saturated carbocycles. The SMILES string of the molecule is C=Cc1ccccc1.CC[SiH3]. The summed E-state index contributed by atoms with van der Waals surface area (Å²) in [5.41, 5.74) is 1.17. The summed E-state index contributed by atoms with van der Waals surface area (Å²) in [5, 5.41) is 0. The third kappa shape index (κ3) is 5.61. The zero-order valence-electron chi connectivity index (χ0n) is 7.38. The van der Waals surface area contributed by atoms with E-state index in [1.54, 1.807) is 0 Å². The van der Waals surface area contributed by atoms with Crippen molar-refractivity contribution in [3.8, 4) is 0 Å². The van der Waals surface area contributed by atoms with Crippen molar-refractivity contribution >= 4 is 16.3 Å². The Morgan fingerprint density at radius 2 is 1.82 bits per heavy atom. The molecule has 1 aromatic carbocycles. The highest BCUT2D eigenvalue weighted by molar-refractivity contribution is 6.08. The molecule has 0 fully saturated rings. The lowest BCUT2D eigenvalue weighted by molar-refractivity contribution is 1.48. The lowest BCUT2D eigenvalue weighted by Crippen LogP contribution is -1.63. The van der Waals surface area contributed by atoms with E-state index in [4.69, 9.17) is 0 Å². The molecule has 0 unspecified atom stereocenters. The number of hydrogen-bond donors (Lipinski definition) is 0. The van der Waals surface area contributed by atoms with Crippen LogP contribution in [0.4, 0.5) is 0 Å². The first-order valence-corrected chi connectivity index (χ1v) is 5.44. The molecule has 0 aliphatic rings. The molecule has 11 heavy (non-hydrogen) atoms. The normalized spacial score (nSPS) is 8.09. The van der Waals surface area contributed by atoms with E-state index in [2.05, 4.69) is 13.5 Å². The van der Waals surface area contributed by atoms with Gasteiger partial charge in [-0.1, -0.05) is 56.0 Å². The average molecular weight is 164 g/mol. The van der Waals surface area contributed by atoms with Crippen molar-refractivity contribution in [3.63, 3.8) is 0 Å². The smallest absolute Gasteiger partial charge is 0.00244 e. The fourth-order valence-electron chi connectivity index (χ4n) is 0.589. The second-order valence-corrected chi connectivity index (χ2v) is 3.74. The lowest BCUT2D eigenvalue weighted by atomic mass is 10.2. The molecule has 0 saturated heterocycles. The van der Waals surface area contributed by atoms with Crippen LogP contribution in [-0.2, 0) is 0 Å². The van der Waals surface area contributed by atoms with Crippen LogP contribution in [0.15, 0.2) is 36.9 Å². The zero-order chi connectivity index (χ0) is 8.53. The van der Waals surface area contributed by atoms with Crippen LogP contribution >= 0.6 is 0 Å². The Kier molecular flexibility index (Phi) is 6.74. The summed E-state index contributed by atoms with van der Waals surface area (Å²) in [5.74, 6) is 0. The summed E-state index contributed by atoms with van der Waals surface area (Å²) in [6.07, 6.45) is 1.83. The van der Waals surface area contributed by atoms with Crippen molar-refractivity contribution in [2.24, 2.45) is 0 Å². The van der Waals surface area contributed by atoms with Gasteiger partial charge in [-0.05, 0) is 5.56 Å². The maximum absolute atomic E-state index is 3.63. The van der Waals surface area contributed by atoms with Crippen LogP contribution < -0.4 is 0 Å². The van der Waals surface area contributed by atoms with Crippen LogP contribution in [0, 0.1) is 0 Å². The minimum atomic E-state index is 1.17. The summed E-state index contributed by atoms with van der Waals surface area (Å²) in [6.45, 7) is 5.82. The molecule has 1 heteroatoms. The molecule has 0 N–H and O–H groups in total. The van der Waals surface area contributed by atoms with Crippen LogP contribution in [0.5, 0.6) is 0 Å². The summed E-state index contributed by atoms with van der Waals surface area (Å²) < 4.78 is 0. The Labute approximate surface area is 72.4 Å². The molecule has 60 valence electrons. The average Bonchev–Trinajstić information content (AvgIpc) is 2.08. The van der Waals surface area contributed by atoms with Gasteiger partial charge in [-0.3, -0.25) is 0 Å². The van der Waals surface area contributed by atoms with Gasteiger partial charge in [0.1, 0.15) is 0 Å². The van der Waals surface area contributed by atoms with E-state index in [0.717, 1.165) is 0 Å². The van der Waals surface area contributed by atoms with Crippen molar-refractivity contribution in [1.82, 2.24) is 0 Å². The first-order valence-electron chi connectivity index (χ1n) is 4.02. The molecular weight excluding hydrogens is 148 g/mol. The molecule has 0 heterocycles. The molecular formula is C10H16Si.